The molecule has 3 aromatic heterocycles. The van der Waals surface area contributed by atoms with E-state index in [0.717, 1.165) is 4.90 Å². The van der Waals surface area contributed by atoms with E-state index in [1.807, 2.05) is 20.8 Å². The molecule has 0 saturated carbocycles. The molecule has 0 unspecified atom stereocenters. The van der Waals surface area contributed by atoms with Crippen molar-refractivity contribution in [1.82, 2.24) is 29.6 Å². The van der Waals surface area contributed by atoms with Gasteiger partial charge in [0.1, 0.15) is 24.6 Å². The number of aliphatic hydroxyl groups is 2. The third-order valence-electron chi connectivity index (χ3n) is 6.81. The van der Waals surface area contributed by atoms with Crippen molar-refractivity contribution in [3.63, 3.8) is 0 Å². The number of imidazole rings is 1. The number of nitrogens with zero attached hydrogens (tertiary/aromatic N) is 6. The number of rotatable bonds is 4. The highest BCUT2D eigenvalue weighted by atomic mass is 19.4. The first-order valence-electron chi connectivity index (χ1n) is 12.1. The molecule has 2 saturated heterocycles. The monoisotopic (exact) mass is 539 g/mol. The van der Waals surface area contributed by atoms with Crippen LogP contribution in [-0.4, -0.2) is 83.2 Å². The van der Waals surface area contributed by atoms with Gasteiger partial charge in [-0.25, -0.2) is 15.0 Å². The van der Waals surface area contributed by atoms with Crippen LogP contribution in [-0.2, 0) is 14.9 Å². The van der Waals surface area contributed by atoms with E-state index in [1.165, 1.54) is 17.2 Å². The summed E-state index contributed by atoms with van der Waals surface area (Å²) in [6.45, 7) is 5.81. The molecular weight excluding hydrogens is 511 g/mol. The number of carbonyl (C=O) groups excluding carboxylic acids is 1. The van der Waals surface area contributed by atoms with Crippen molar-refractivity contribution in [2.24, 2.45) is 0 Å². The van der Waals surface area contributed by atoms with E-state index in [1.54, 1.807) is 6.07 Å². The van der Waals surface area contributed by atoms with Gasteiger partial charge in [0.25, 0.3) is 0 Å². The number of fused-ring (bicyclic) bond motifs is 1. The number of halogens is 3. The largest absolute Gasteiger partial charge is 0.471 e. The van der Waals surface area contributed by atoms with Gasteiger partial charge < -0.3 is 29.7 Å². The highest BCUT2D eigenvalue weighted by Gasteiger charge is 2.47. The summed E-state index contributed by atoms with van der Waals surface area (Å²) in [7, 11) is 0. The smallest absolute Gasteiger partial charge is 0.387 e. The summed E-state index contributed by atoms with van der Waals surface area (Å²) in [5.41, 5.74) is 1.06. The maximum absolute atomic E-state index is 12.7. The van der Waals surface area contributed by atoms with Crippen molar-refractivity contribution < 1.29 is 37.4 Å². The minimum atomic E-state index is -4.90. The minimum Gasteiger partial charge on any atom is -0.387 e. The molecule has 0 spiro atoms. The van der Waals surface area contributed by atoms with Crippen molar-refractivity contribution >= 4 is 22.9 Å². The lowest BCUT2D eigenvalue weighted by atomic mass is 9.92. The molecule has 2 aliphatic rings. The number of carbonyl (C=O) groups is 1. The Morgan fingerprint density at radius 1 is 1.11 bits per heavy atom. The average Bonchev–Trinajstić information content (AvgIpc) is 3.57. The molecule has 38 heavy (non-hydrogen) atoms. The van der Waals surface area contributed by atoms with E-state index in [4.69, 9.17) is 9.26 Å². The molecule has 4 atom stereocenters. The van der Waals surface area contributed by atoms with Crippen molar-refractivity contribution in [2.75, 3.05) is 18.4 Å². The molecule has 5 rings (SSSR count). The number of hydrogen-bond acceptors (Lipinski definition) is 10. The Labute approximate surface area is 214 Å². The second kappa shape index (κ2) is 9.47. The van der Waals surface area contributed by atoms with Crippen molar-refractivity contribution in [3.05, 3.63) is 30.2 Å². The first kappa shape index (κ1) is 26.3. The molecule has 2 aliphatic heterocycles. The van der Waals surface area contributed by atoms with Crippen LogP contribution in [0.4, 0.5) is 19.0 Å². The third kappa shape index (κ3) is 4.80. The lowest BCUT2D eigenvalue weighted by Crippen LogP contribution is -2.47. The fraction of sp³-hybridized carbons (Fsp3) is 0.609. The number of amides is 1. The summed E-state index contributed by atoms with van der Waals surface area (Å²) in [6.07, 6.45) is -6.27. The van der Waals surface area contributed by atoms with Crippen LogP contribution in [0.1, 0.15) is 57.4 Å². The second-order valence-electron chi connectivity index (χ2n) is 10.5. The van der Waals surface area contributed by atoms with Gasteiger partial charge in [0.15, 0.2) is 29.0 Å². The van der Waals surface area contributed by atoms with Crippen LogP contribution >= 0.6 is 0 Å². The van der Waals surface area contributed by atoms with Crippen LogP contribution in [0.2, 0.25) is 0 Å². The van der Waals surface area contributed by atoms with E-state index in [0.29, 0.717) is 35.5 Å². The van der Waals surface area contributed by atoms with Gasteiger partial charge >= 0.3 is 12.1 Å². The highest BCUT2D eigenvalue weighted by molar-refractivity contribution is 5.83. The lowest BCUT2D eigenvalue weighted by Gasteiger charge is -2.32. The Balaban J connectivity index is 1.32. The van der Waals surface area contributed by atoms with Gasteiger partial charge in [-0.2, -0.15) is 13.2 Å². The number of hydrogen-bond donors (Lipinski definition) is 3. The Bertz CT molecular complexity index is 1310. The zero-order valence-corrected chi connectivity index (χ0v) is 20.9. The van der Waals surface area contributed by atoms with Crippen LogP contribution in [0.25, 0.3) is 11.2 Å². The molecular formula is C23H28F3N7O5. The Hall–Kier alpha value is -3.30. The molecule has 5 heterocycles. The van der Waals surface area contributed by atoms with Gasteiger partial charge in [0.05, 0.1) is 12.0 Å². The fourth-order valence-corrected chi connectivity index (χ4v) is 4.64. The highest BCUT2D eigenvalue weighted by Crippen LogP contribution is 2.41. The summed E-state index contributed by atoms with van der Waals surface area (Å²) >= 11 is 0. The van der Waals surface area contributed by atoms with Crippen molar-refractivity contribution in [2.45, 2.75) is 75.8 Å². The number of ether oxygens (including phenoxy) is 1. The number of piperidine rings is 1. The summed E-state index contributed by atoms with van der Waals surface area (Å²) in [5.74, 6) is -1.21. The van der Waals surface area contributed by atoms with Crippen LogP contribution < -0.4 is 5.32 Å². The number of anilines is 1. The Morgan fingerprint density at radius 3 is 2.45 bits per heavy atom. The van der Waals surface area contributed by atoms with Gasteiger partial charge in [0.2, 0.25) is 0 Å². The molecule has 0 radical (unpaired) electrons. The fourth-order valence-electron chi connectivity index (χ4n) is 4.64. The molecule has 12 nitrogen and oxygen atoms in total. The normalized spacial score (nSPS) is 25.3. The van der Waals surface area contributed by atoms with Gasteiger partial charge in [0, 0.05) is 30.6 Å². The summed E-state index contributed by atoms with van der Waals surface area (Å²) in [4.78, 5) is 25.1. The summed E-state index contributed by atoms with van der Waals surface area (Å²) < 4.78 is 51.0. The Kier molecular flexibility index (Phi) is 6.55. The third-order valence-corrected chi connectivity index (χ3v) is 6.81. The number of nitrogens with one attached hydrogen (secondary N) is 1. The van der Waals surface area contributed by atoms with Crippen LogP contribution in [0, 0.1) is 0 Å². The van der Waals surface area contributed by atoms with Crippen LogP contribution in [0.3, 0.4) is 0 Å². The van der Waals surface area contributed by atoms with E-state index in [-0.39, 0.29) is 30.3 Å². The number of alkyl halides is 3. The molecule has 2 fully saturated rings. The standard InChI is InChI=1S/C23H28F3N7O5/c1-22(2,3)13-8-12(38-31-13)17-15(34)16(35)20(37-17)33-10-29-14-18(27-9-28-19(14)33)30-11-4-6-32(7-5-11)21(36)23(24,25)26/h8-11,15-17,20,34-35H,4-7H2,1-3H3,(H,27,28,30)/t15-,16+,17+,20+/m0/s1. The predicted molar refractivity (Wildman–Crippen MR) is 125 cm³/mol. The molecule has 15 heteroatoms. The van der Waals surface area contributed by atoms with Gasteiger partial charge in [-0.05, 0) is 12.8 Å². The van der Waals surface area contributed by atoms with Crippen molar-refractivity contribution in [1.29, 1.82) is 0 Å². The SMILES string of the molecule is CC(C)(C)c1cc([C@H]2O[C@@H](n3cnc4c(NC5CCN(C(=O)C(F)(F)F)CC5)ncnc43)[C@H](O)[C@@H]2O)on1. The topological polar surface area (TPSA) is 152 Å². The first-order chi connectivity index (χ1) is 17.8. The van der Waals surface area contributed by atoms with E-state index in [2.05, 4.69) is 25.4 Å². The summed E-state index contributed by atoms with van der Waals surface area (Å²) in [5, 5.41) is 28.7. The van der Waals surface area contributed by atoms with Crippen molar-refractivity contribution in [3.8, 4) is 0 Å². The predicted octanol–water partition coefficient (Wildman–Crippen LogP) is 2.07. The minimum absolute atomic E-state index is 0.0430. The zero-order valence-electron chi connectivity index (χ0n) is 20.9. The quantitative estimate of drug-likeness (QED) is 0.449. The lowest BCUT2D eigenvalue weighted by molar-refractivity contribution is -0.186. The zero-order chi connectivity index (χ0) is 27.4. The van der Waals surface area contributed by atoms with Crippen LogP contribution in [0.15, 0.2) is 23.2 Å². The molecule has 3 aromatic rings. The molecule has 206 valence electrons. The van der Waals surface area contributed by atoms with Gasteiger partial charge in [-0.15, -0.1) is 0 Å². The second-order valence-corrected chi connectivity index (χ2v) is 10.5. The van der Waals surface area contributed by atoms with Gasteiger partial charge in [-0.3, -0.25) is 9.36 Å². The number of likely N-dealkylation sites (tertiary alicyclic amines) is 1. The molecule has 0 bridgehead atoms. The van der Waals surface area contributed by atoms with E-state index >= 15 is 0 Å². The Morgan fingerprint density at radius 2 is 1.82 bits per heavy atom. The maximum atomic E-state index is 12.7. The molecule has 0 aromatic carbocycles. The first-order valence-corrected chi connectivity index (χ1v) is 12.1. The van der Waals surface area contributed by atoms with Gasteiger partial charge in [-0.1, -0.05) is 25.9 Å². The average molecular weight is 540 g/mol. The summed E-state index contributed by atoms with van der Waals surface area (Å²) in [6, 6.07) is 1.45. The number of aromatic nitrogens is 5. The van der Waals surface area contributed by atoms with Crippen LogP contribution in [0.5, 0.6) is 0 Å². The maximum Gasteiger partial charge on any atom is 0.471 e. The van der Waals surface area contributed by atoms with E-state index < -0.39 is 36.6 Å². The molecule has 0 aliphatic carbocycles. The molecule has 3 N–H and O–H groups in total. The number of aliphatic hydroxyl groups excluding tert-OH is 2. The molecule has 1 amide bonds. The van der Waals surface area contributed by atoms with E-state index in [9.17, 15) is 28.2 Å².